The smallest absolute Gasteiger partial charge is 0.219 e. The number of hydrogen-bond acceptors (Lipinski definition) is 2. The van der Waals surface area contributed by atoms with E-state index in [0.717, 1.165) is 29.6 Å². The number of ether oxygens (including phenoxy) is 1. The van der Waals surface area contributed by atoms with Crippen molar-refractivity contribution >= 4 is 16.8 Å². The van der Waals surface area contributed by atoms with E-state index in [9.17, 15) is 4.79 Å². The summed E-state index contributed by atoms with van der Waals surface area (Å²) >= 11 is 0. The number of rotatable bonds is 7. The molecule has 0 radical (unpaired) electrons. The highest BCUT2D eigenvalue weighted by Gasteiger charge is 2.12. The second-order valence-corrected chi connectivity index (χ2v) is 6.05. The Morgan fingerprint density at radius 3 is 2.64 bits per heavy atom. The Morgan fingerprint density at radius 1 is 1.12 bits per heavy atom. The van der Waals surface area contributed by atoms with Crippen molar-refractivity contribution in [2.45, 2.75) is 26.3 Å². The van der Waals surface area contributed by atoms with Crippen LogP contribution in [0.2, 0.25) is 0 Å². The van der Waals surface area contributed by atoms with Crippen LogP contribution in [0.25, 0.3) is 10.9 Å². The van der Waals surface area contributed by atoms with Gasteiger partial charge in [0.25, 0.3) is 0 Å². The Hall–Kier alpha value is -2.75. The van der Waals surface area contributed by atoms with Crippen LogP contribution < -0.4 is 10.1 Å². The van der Waals surface area contributed by atoms with Crippen LogP contribution in [0, 0.1) is 0 Å². The molecule has 1 N–H and O–H groups in total. The van der Waals surface area contributed by atoms with Crippen LogP contribution in [0.3, 0.4) is 0 Å². The Balaban J connectivity index is 1.95. The summed E-state index contributed by atoms with van der Waals surface area (Å²) in [7, 11) is 1.70. The monoisotopic (exact) mass is 336 g/mol. The lowest BCUT2D eigenvalue weighted by Gasteiger charge is -2.12. The number of nitrogens with zero attached hydrogens (tertiary/aromatic N) is 1. The first kappa shape index (κ1) is 17.1. The van der Waals surface area contributed by atoms with E-state index >= 15 is 0 Å². The zero-order chi connectivity index (χ0) is 17.6. The molecule has 2 aromatic carbocycles. The lowest BCUT2D eigenvalue weighted by atomic mass is 10.2. The quantitative estimate of drug-likeness (QED) is 0.714. The van der Waals surface area contributed by atoms with Gasteiger partial charge in [0.05, 0.1) is 12.6 Å². The third-order valence-corrected chi connectivity index (χ3v) is 4.42. The summed E-state index contributed by atoms with van der Waals surface area (Å²) < 4.78 is 7.83. The van der Waals surface area contributed by atoms with E-state index in [-0.39, 0.29) is 5.91 Å². The third-order valence-electron chi connectivity index (χ3n) is 4.42. The van der Waals surface area contributed by atoms with Crippen LogP contribution >= 0.6 is 0 Å². The summed E-state index contributed by atoms with van der Waals surface area (Å²) in [6.07, 6.45) is 1.30. The Morgan fingerprint density at radius 2 is 1.92 bits per heavy atom. The maximum Gasteiger partial charge on any atom is 0.219 e. The van der Waals surface area contributed by atoms with Crippen molar-refractivity contribution in [1.29, 1.82) is 0 Å². The summed E-state index contributed by atoms with van der Waals surface area (Å²) in [6, 6.07) is 18.7. The number of nitrogens with one attached hydrogen (secondary N) is 1. The molecule has 1 aromatic heterocycles. The standard InChI is InChI=1S/C21H24N2O2/c1-3-21(24)22-13-12-17-14-18-19(10-7-11-20(18)25-2)23(17)15-16-8-5-4-6-9-16/h4-11,14H,3,12-13,15H2,1-2H3,(H,22,24). The van der Waals surface area contributed by atoms with E-state index in [0.29, 0.717) is 13.0 Å². The second-order valence-electron chi connectivity index (χ2n) is 6.05. The fraction of sp³-hybridized carbons (Fsp3) is 0.286. The molecule has 0 saturated carbocycles. The van der Waals surface area contributed by atoms with Crippen molar-refractivity contribution < 1.29 is 9.53 Å². The van der Waals surface area contributed by atoms with Crippen LogP contribution in [-0.2, 0) is 17.8 Å². The van der Waals surface area contributed by atoms with Crippen LogP contribution in [0.15, 0.2) is 54.6 Å². The molecule has 0 atom stereocenters. The van der Waals surface area contributed by atoms with Gasteiger partial charge in [0.15, 0.2) is 0 Å². The molecule has 0 aliphatic rings. The molecule has 0 spiro atoms. The largest absolute Gasteiger partial charge is 0.496 e. The van der Waals surface area contributed by atoms with E-state index in [1.165, 1.54) is 11.3 Å². The van der Waals surface area contributed by atoms with Gasteiger partial charge >= 0.3 is 0 Å². The van der Waals surface area contributed by atoms with E-state index in [1.54, 1.807) is 7.11 Å². The summed E-state index contributed by atoms with van der Waals surface area (Å²) in [6.45, 7) is 3.31. The summed E-state index contributed by atoms with van der Waals surface area (Å²) in [4.78, 5) is 11.5. The zero-order valence-corrected chi connectivity index (χ0v) is 14.8. The van der Waals surface area contributed by atoms with Gasteiger partial charge in [-0.25, -0.2) is 0 Å². The molecule has 4 nitrogen and oxygen atoms in total. The fourth-order valence-corrected chi connectivity index (χ4v) is 3.10. The van der Waals surface area contributed by atoms with Gasteiger partial charge in [-0.3, -0.25) is 4.79 Å². The SMILES string of the molecule is CCC(=O)NCCc1cc2c(OC)cccc2n1Cc1ccccc1. The molecule has 0 aliphatic heterocycles. The molecule has 1 amide bonds. The first-order valence-electron chi connectivity index (χ1n) is 8.68. The minimum Gasteiger partial charge on any atom is -0.496 e. The predicted molar refractivity (Wildman–Crippen MR) is 101 cm³/mol. The molecule has 0 aliphatic carbocycles. The maximum absolute atomic E-state index is 11.5. The molecule has 3 rings (SSSR count). The summed E-state index contributed by atoms with van der Waals surface area (Å²) in [5.41, 5.74) is 3.60. The number of amides is 1. The van der Waals surface area contributed by atoms with Gasteiger partial charge in [0.1, 0.15) is 5.75 Å². The first-order chi connectivity index (χ1) is 12.2. The fourth-order valence-electron chi connectivity index (χ4n) is 3.10. The number of aromatic nitrogens is 1. The number of hydrogen-bond donors (Lipinski definition) is 1. The number of benzene rings is 2. The van der Waals surface area contributed by atoms with Gasteiger partial charge in [0, 0.05) is 37.0 Å². The Bertz CT molecular complexity index is 853. The molecule has 130 valence electrons. The molecule has 0 saturated heterocycles. The van der Waals surface area contributed by atoms with Crippen molar-refractivity contribution in [2.24, 2.45) is 0 Å². The number of methoxy groups -OCH3 is 1. The highest BCUT2D eigenvalue weighted by Crippen LogP contribution is 2.29. The van der Waals surface area contributed by atoms with E-state index < -0.39 is 0 Å². The van der Waals surface area contributed by atoms with Crippen molar-refractivity contribution in [3.8, 4) is 5.75 Å². The molecule has 1 heterocycles. The average molecular weight is 336 g/mol. The molecule has 0 bridgehead atoms. The van der Waals surface area contributed by atoms with Crippen molar-refractivity contribution in [3.05, 3.63) is 65.9 Å². The minimum absolute atomic E-state index is 0.0864. The summed E-state index contributed by atoms with van der Waals surface area (Å²) in [5.74, 6) is 0.964. The first-order valence-corrected chi connectivity index (χ1v) is 8.68. The van der Waals surface area contributed by atoms with Crippen molar-refractivity contribution in [1.82, 2.24) is 9.88 Å². The van der Waals surface area contributed by atoms with Gasteiger partial charge < -0.3 is 14.6 Å². The molecule has 0 unspecified atom stereocenters. The maximum atomic E-state index is 11.5. The van der Waals surface area contributed by atoms with Crippen LogP contribution in [-0.4, -0.2) is 24.1 Å². The minimum atomic E-state index is 0.0864. The number of fused-ring (bicyclic) bond motifs is 1. The van der Waals surface area contributed by atoms with Crippen LogP contribution in [0.4, 0.5) is 0 Å². The molecule has 0 fully saturated rings. The molecule has 4 heteroatoms. The zero-order valence-electron chi connectivity index (χ0n) is 14.8. The third kappa shape index (κ3) is 3.85. The highest BCUT2D eigenvalue weighted by molar-refractivity contribution is 5.87. The van der Waals surface area contributed by atoms with Crippen molar-refractivity contribution in [3.63, 3.8) is 0 Å². The van der Waals surface area contributed by atoms with E-state index in [2.05, 4.69) is 46.3 Å². The summed E-state index contributed by atoms with van der Waals surface area (Å²) in [5, 5.41) is 4.07. The molecule has 25 heavy (non-hydrogen) atoms. The van der Waals surface area contributed by atoms with E-state index in [4.69, 9.17) is 4.74 Å². The van der Waals surface area contributed by atoms with Gasteiger partial charge in [0.2, 0.25) is 5.91 Å². The predicted octanol–water partition coefficient (Wildman–Crippen LogP) is 3.77. The molecule has 3 aromatic rings. The van der Waals surface area contributed by atoms with Crippen LogP contribution in [0.5, 0.6) is 5.75 Å². The van der Waals surface area contributed by atoms with E-state index in [1.807, 2.05) is 25.1 Å². The lowest BCUT2D eigenvalue weighted by Crippen LogP contribution is -2.25. The Labute approximate surface area is 148 Å². The van der Waals surface area contributed by atoms with Gasteiger partial charge in [-0.05, 0) is 23.8 Å². The number of carbonyl (C=O) groups excluding carboxylic acids is 1. The van der Waals surface area contributed by atoms with Gasteiger partial charge in [-0.2, -0.15) is 0 Å². The van der Waals surface area contributed by atoms with Crippen LogP contribution in [0.1, 0.15) is 24.6 Å². The topological polar surface area (TPSA) is 43.3 Å². The normalized spacial score (nSPS) is 10.8. The van der Waals surface area contributed by atoms with Gasteiger partial charge in [-0.1, -0.05) is 43.3 Å². The molecular formula is C21H24N2O2. The average Bonchev–Trinajstić information content (AvgIpc) is 3.00. The van der Waals surface area contributed by atoms with Crippen molar-refractivity contribution in [2.75, 3.05) is 13.7 Å². The highest BCUT2D eigenvalue weighted by atomic mass is 16.5. The van der Waals surface area contributed by atoms with Gasteiger partial charge in [-0.15, -0.1) is 0 Å². The second kappa shape index (κ2) is 7.88. The lowest BCUT2D eigenvalue weighted by molar-refractivity contribution is -0.120. The Kier molecular flexibility index (Phi) is 5.39. The molecular weight excluding hydrogens is 312 g/mol. The number of carbonyl (C=O) groups is 1.